The number of aromatic nitrogens is 2. The van der Waals surface area contributed by atoms with Gasteiger partial charge in [-0.15, -0.1) is 0 Å². The average molecular weight is 363 g/mol. The summed E-state index contributed by atoms with van der Waals surface area (Å²) in [7, 11) is 1.52. The van der Waals surface area contributed by atoms with E-state index in [2.05, 4.69) is 5.32 Å². The quantitative estimate of drug-likeness (QED) is 0.683. The van der Waals surface area contributed by atoms with Crippen molar-refractivity contribution in [3.63, 3.8) is 0 Å². The van der Waals surface area contributed by atoms with Crippen LogP contribution >= 0.6 is 0 Å². The molecule has 0 radical (unpaired) electrons. The Bertz CT molecular complexity index is 1040. The van der Waals surface area contributed by atoms with Crippen molar-refractivity contribution in [1.82, 2.24) is 14.9 Å². The summed E-state index contributed by atoms with van der Waals surface area (Å²) in [5, 5.41) is 3.08. The molecule has 6 heteroatoms. The minimum Gasteiger partial charge on any atom is -0.357 e. The Morgan fingerprint density at radius 2 is 1.93 bits per heavy atom. The predicted molar refractivity (Wildman–Crippen MR) is 105 cm³/mol. The van der Waals surface area contributed by atoms with Crippen LogP contribution in [0.3, 0.4) is 0 Å². The minimum absolute atomic E-state index is 0.171. The highest BCUT2D eigenvalue weighted by Crippen LogP contribution is 2.25. The average Bonchev–Trinajstić information content (AvgIpc) is 2.69. The number of likely N-dealkylation sites (N-methyl/N-ethyl adjacent to an activating group) is 1. The predicted octanol–water partition coefficient (Wildman–Crippen LogP) is 2.64. The second kappa shape index (κ2) is 7.95. The van der Waals surface area contributed by atoms with Crippen LogP contribution in [0.2, 0.25) is 0 Å². The van der Waals surface area contributed by atoms with Crippen LogP contribution in [0.25, 0.3) is 22.3 Å². The van der Waals surface area contributed by atoms with Crippen LogP contribution in [0.4, 0.5) is 0 Å². The molecule has 1 aromatic heterocycles. The molecule has 2 aromatic carbocycles. The maximum Gasteiger partial charge on any atom is 0.262 e. The van der Waals surface area contributed by atoms with Gasteiger partial charge in [0.2, 0.25) is 5.91 Å². The van der Waals surface area contributed by atoms with Crippen molar-refractivity contribution in [2.24, 2.45) is 0 Å². The topological polar surface area (TPSA) is 81.1 Å². The summed E-state index contributed by atoms with van der Waals surface area (Å²) in [5.74, 6) is 0.0871. The molecule has 3 aromatic rings. The molecule has 138 valence electrons. The number of aldehydes is 1. The SMILES string of the molecule is CNC(=O)C(CCC=O)n1c(-c2ccccc2)nc2cccc(C)c2c1=O. The van der Waals surface area contributed by atoms with Crippen molar-refractivity contribution in [2.45, 2.75) is 25.8 Å². The standard InChI is InChI=1S/C21H21N3O3/c1-14-8-6-11-16-18(14)21(27)24(17(12-7-13-25)20(26)22-2)19(23-16)15-9-4-3-5-10-15/h3-6,8-11,13,17H,7,12H2,1-2H3,(H,22,26). The number of nitrogens with zero attached hydrogens (tertiary/aromatic N) is 2. The van der Waals surface area contributed by atoms with Crippen LogP contribution in [0.15, 0.2) is 53.3 Å². The zero-order valence-corrected chi connectivity index (χ0v) is 15.3. The monoisotopic (exact) mass is 363 g/mol. The Balaban J connectivity index is 2.38. The number of benzene rings is 2. The smallest absolute Gasteiger partial charge is 0.262 e. The van der Waals surface area contributed by atoms with Crippen molar-refractivity contribution in [3.8, 4) is 11.4 Å². The first-order valence-corrected chi connectivity index (χ1v) is 8.81. The third-order valence-electron chi connectivity index (χ3n) is 4.59. The number of aryl methyl sites for hydroxylation is 1. The Labute approximate surface area is 156 Å². The third kappa shape index (κ3) is 3.51. The van der Waals surface area contributed by atoms with Crippen molar-refractivity contribution >= 4 is 23.1 Å². The van der Waals surface area contributed by atoms with Gasteiger partial charge < -0.3 is 10.1 Å². The molecule has 1 heterocycles. The van der Waals surface area contributed by atoms with Gasteiger partial charge in [-0.05, 0) is 25.0 Å². The number of hydrogen-bond acceptors (Lipinski definition) is 4. The third-order valence-corrected chi connectivity index (χ3v) is 4.59. The number of carbonyl (C=O) groups excluding carboxylic acids is 2. The molecule has 0 aliphatic rings. The van der Waals surface area contributed by atoms with E-state index in [1.54, 1.807) is 6.07 Å². The molecule has 27 heavy (non-hydrogen) atoms. The van der Waals surface area contributed by atoms with Gasteiger partial charge in [-0.1, -0.05) is 42.5 Å². The van der Waals surface area contributed by atoms with E-state index in [0.717, 1.165) is 17.4 Å². The Hall–Kier alpha value is -3.28. The van der Waals surface area contributed by atoms with Gasteiger partial charge in [0, 0.05) is 19.0 Å². The second-order valence-corrected chi connectivity index (χ2v) is 6.32. The van der Waals surface area contributed by atoms with E-state index in [4.69, 9.17) is 4.98 Å². The van der Waals surface area contributed by atoms with E-state index in [-0.39, 0.29) is 24.3 Å². The van der Waals surface area contributed by atoms with E-state index in [0.29, 0.717) is 16.7 Å². The van der Waals surface area contributed by atoms with Crippen LogP contribution in [-0.2, 0) is 9.59 Å². The molecule has 0 aliphatic heterocycles. The lowest BCUT2D eigenvalue weighted by Crippen LogP contribution is -2.37. The van der Waals surface area contributed by atoms with Crippen molar-refractivity contribution in [2.75, 3.05) is 7.05 Å². The first kappa shape index (κ1) is 18.5. The molecule has 0 bridgehead atoms. The van der Waals surface area contributed by atoms with Gasteiger partial charge in [-0.3, -0.25) is 14.2 Å². The van der Waals surface area contributed by atoms with E-state index in [9.17, 15) is 14.4 Å². The fraction of sp³-hybridized carbons (Fsp3) is 0.238. The van der Waals surface area contributed by atoms with E-state index < -0.39 is 6.04 Å². The summed E-state index contributed by atoms with van der Waals surface area (Å²) in [6.45, 7) is 1.85. The summed E-state index contributed by atoms with van der Waals surface area (Å²) in [6.07, 6.45) is 1.15. The molecule has 0 spiro atoms. The molecule has 1 atom stereocenters. The molecule has 0 saturated heterocycles. The summed E-state index contributed by atoms with van der Waals surface area (Å²) >= 11 is 0. The Morgan fingerprint density at radius 1 is 1.19 bits per heavy atom. The van der Waals surface area contributed by atoms with Crippen molar-refractivity contribution in [3.05, 3.63) is 64.4 Å². The molecule has 1 N–H and O–H groups in total. The molecular weight excluding hydrogens is 342 g/mol. The van der Waals surface area contributed by atoms with Gasteiger partial charge in [0.25, 0.3) is 5.56 Å². The lowest BCUT2D eigenvalue weighted by Gasteiger charge is -2.22. The van der Waals surface area contributed by atoms with Crippen LogP contribution in [-0.4, -0.2) is 28.8 Å². The highest BCUT2D eigenvalue weighted by atomic mass is 16.2. The number of nitrogens with one attached hydrogen (secondary N) is 1. The molecule has 6 nitrogen and oxygen atoms in total. The van der Waals surface area contributed by atoms with Crippen molar-refractivity contribution < 1.29 is 9.59 Å². The summed E-state index contributed by atoms with van der Waals surface area (Å²) in [4.78, 5) is 41.6. The Morgan fingerprint density at radius 3 is 2.59 bits per heavy atom. The first-order chi connectivity index (χ1) is 13.1. The molecule has 0 fully saturated rings. The Kier molecular flexibility index (Phi) is 5.45. The lowest BCUT2D eigenvalue weighted by atomic mass is 10.1. The molecule has 1 amide bonds. The van der Waals surface area contributed by atoms with E-state index in [1.807, 2.05) is 49.4 Å². The first-order valence-electron chi connectivity index (χ1n) is 8.81. The maximum atomic E-state index is 13.4. The fourth-order valence-electron chi connectivity index (χ4n) is 3.26. The van der Waals surface area contributed by atoms with Crippen molar-refractivity contribution in [1.29, 1.82) is 0 Å². The number of rotatable bonds is 6. The number of amides is 1. The zero-order chi connectivity index (χ0) is 19.4. The summed E-state index contributed by atoms with van der Waals surface area (Å²) in [6, 6.07) is 13.9. The highest BCUT2D eigenvalue weighted by Gasteiger charge is 2.25. The van der Waals surface area contributed by atoms with Crippen LogP contribution in [0.1, 0.15) is 24.4 Å². The maximum absolute atomic E-state index is 13.4. The van der Waals surface area contributed by atoms with Gasteiger partial charge in [0.05, 0.1) is 10.9 Å². The molecule has 0 saturated carbocycles. The molecule has 1 unspecified atom stereocenters. The second-order valence-electron chi connectivity index (χ2n) is 6.32. The van der Waals surface area contributed by atoms with Gasteiger partial charge in [0.1, 0.15) is 18.2 Å². The number of hydrogen-bond donors (Lipinski definition) is 1. The minimum atomic E-state index is -0.820. The van der Waals surface area contributed by atoms with Gasteiger partial charge in [-0.2, -0.15) is 0 Å². The fourth-order valence-corrected chi connectivity index (χ4v) is 3.26. The lowest BCUT2D eigenvalue weighted by molar-refractivity contribution is -0.124. The van der Waals surface area contributed by atoms with E-state index >= 15 is 0 Å². The molecule has 0 aliphatic carbocycles. The molecule has 3 rings (SSSR count). The largest absolute Gasteiger partial charge is 0.357 e. The van der Waals surface area contributed by atoms with Gasteiger partial charge in [-0.25, -0.2) is 4.98 Å². The normalized spacial score (nSPS) is 11.9. The number of fused-ring (bicyclic) bond motifs is 1. The van der Waals surface area contributed by atoms with Crippen LogP contribution in [0, 0.1) is 6.92 Å². The summed E-state index contributed by atoms with van der Waals surface area (Å²) < 4.78 is 1.42. The van der Waals surface area contributed by atoms with Crippen LogP contribution < -0.4 is 10.9 Å². The van der Waals surface area contributed by atoms with Crippen LogP contribution in [0.5, 0.6) is 0 Å². The highest BCUT2D eigenvalue weighted by molar-refractivity contribution is 5.85. The molecular formula is C21H21N3O3. The van der Waals surface area contributed by atoms with Gasteiger partial charge >= 0.3 is 0 Å². The zero-order valence-electron chi connectivity index (χ0n) is 15.3. The summed E-state index contributed by atoms with van der Waals surface area (Å²) in [5.41, 5.74) is 1.83. The number of carbonyl (C=O) groups is 2. The van der Waals surface area contributed by atoms with E-state index in [1.165, 1.54) is 11.6 Å². The van der Waals surface area contributed by atoms with Gasteiger partial charge in [0.15, 0.2) is 0 Å².